The molecule has 4 fully saturated rings. The zero-order valence-corrected chi connectivity index (χ0v) is 20.3. The van der Waals surface area contributed by atoms with Gasteiger partial charge in [-0.1, -0.05) is 46.6 Å². The maximum absolute atomic E-state index is 12.0. The van der Waals surface area contributed by atoms with Crippen LogP contribution in [0.5, 0.6) is 11.5 Å². The van der Waals surface area contributed by atoms with Crippen LogP contribution in [0.3, 0.4) is 0 Å². The summed E-state index contributed by atoms with van der Waals surface area (Å²) < 4.78 is 13.3. The maximum atomic E-state index is 12.0. The Balaban J connectivity index is 1.81. The van der Waals surface area contributed by atoms with Gasteiger partial charge in [0.1, 0.15) is 11.7 Å². The molecular weight excluding hydrogens is 388 g/mol. The summed E-state index contributed by atoms with van der Waals surface area (Å²) >= 11 is 0. The summed E-state index contributed by atoms with van der Waals surface area (Å²) in [5.74, 6) is 1.41. The Hall–Kier alpha value is -1.26. The number of hydrogen-bond acceptors (Lipinski definition) is 4. The number of aliphatic hydroxyl groups is 1. The minimum atomic E-state index is -0.908. The van der Waals surface area contributed by atoms with E-state index in [0.29, 0.717) is 11.7 Å². The lowest BCUT2D eigenvalue weighted by molar-refractivity contribution is -0.306. The van der Waals surface area contributed by atoms with E-state index in [1.807, 2.05) is 20.1 Å². The fourth-order valence-corrected chi connectivity index (χ4v) is 8.58. The lowest BCUT2D eigenvalue weighted by atomic mass is 9.33. The Kier molecular flexibility index (Phi) is 4.31. The molecule has 4 nitrogen and oxygen atoms in total. The van der Waals surface area contributed by atoms with Crippen molar-refractivity contribution in [3.8, 4) is 11.5 Å². The molecule has 2 spiro atoms. The van der Waals surface area contributed by atoms with Gasteiger partial charge in [-0.3, -0.25) is 0 Å². The van der Waals surface area contributed by atoms with E-state index in [0.717, 1.165) is 32.1 Å². The number of methoxy groups -OCH3 is 1. The summed E-state index contributed by atoms with van der Waals surface area (Å²) in [6.45, 7) is 13.0. The van der Waals surface area contributed by atoms with Gasteiger partial charge in [0.05, 0.1) is 5.60 Å². The first-order valence-corrected chi connectivity index (χ1v) is 12.2. The predicted molar refractivity (Wildman–Crippen MR) is 122 cm³/mol. The molecule has 5 aliphatic rings. The standard InChI is InChI=1S/C27H40O4/c1-16-10-11-18(28)21-20(16)26-12-8-9-17(2)25(26)13-14-27(30-7,22(26)31-21)19(15-25)24(6,29)23(3,4)5/h10-11,17,19,22,28-29H,8-9,12-15H2,1-7H3/t17-,19+,22+,24?,25+,26-,27+/m0/s1. The number of aromatic hydroxyl groups is 1. The molecule has 1 unspecified atom stereocenters. The van der Waals surface area contributed by atoms with Crippen molar-refractivity contribution in [2.45, 2.75) is 103 Å². The van der Waals surface area contributed by atoms with Gasteiger partial charge in [0.25, 0.3) is 0 Å². The van der Waals surface area contributed by atoms with Crippen LogP contribution in [0.15, 0.2) is 12.1 Å². The quantitative estimate of drug-likeness (QED) is 0.653. The first-order valence-electron chi connectivity index (χ1n) is 12.2. The molecule has 0 radical (unpaired) electrons. The van der Waals surface area contributed by atoms with Gasteiger partial charge in [-0.2, -0.15) is 0 Å². The van der Waals surface area contributed by atoms with Crippen molar-refractivity contribution in [3.63, 3.8) is 0 Å². The van der Waals surface area contributed by atoms with E-state index in [1.54, 1.807) is 6.07 Å². The third-order valence-corrected chi connectivity index (χ3v) is 10.7. The zero-order valence-electron chi connectivity index (χ0n) is 20.3. The highest BCUT2D eigenvalue weighted by Gasteiger charge is 2.80. The smallest absolute Gasteiger partial charge is 0.165 e. The number of rotatable bonds is 2. The van der Waals surface area contributed by atoms with Gasteiger partial charge in [0, 0.05) is 24.0 Å². The minimum absolute atomic E-state index is 0.0332. The van der Waals surface area contributed by atoms with Gasteiger partial charge in [-0.25, -0.2) is 0 Å². The summed E-state index contributed by atoms with van der Waals surface area (Å²) in [4.78, 5) is 0. The maximum Gasteiger partial charge on any atom is 0.165 e. The number of fused-ring (bicyclic) bond motifs is 3. The lowest BCUT2D eigenvalue weighted by Gasteiger charge is -2.73. The third-order valence-electron chi connectivity index (χ3n) is 10.7. The molecule has 0 aromatic heterocycles. The molecule has 172 valence electrons. The molecule has 1 heterocycles. The molecule has 6 rings (SSSR count). The van der Waals surface area contributed by atoms with Crippen LogP contribution in [-0.2, 0) is 10.2 Å². The number of hydrogen-bond donors (Lipinski definition) is 2. The van der Waals surface area contributed by atoms with Crippen molar-refractivity contribution in [2.75, 3.05) is 7.11 Å². The number of benzene rings is 1. The number of phenolic OH excluding ortho intramolecular Hbond substituents is 1. The van der Waals surface area contributed by atoms with E-state index in [2.05, 4.69) is 34.6 Å². The Labute approximate surface area is 187 Å². The van der Waals surface area contributed by atoms with Crippen LogP contribution in [-0.4, -0.2) is 34.6 Å². The molecule has 1 aromatic carbocycles. The van der Waals surface area contributed by atoms with Gasteiger partial charge in [-0.05, 0) is 67.9 Å². The van der Waals surface area contributed by atoms with E-state index in [1.165, 1.54) is 17.5 Å². The van der Waals surface area contributed by atoms with Crippen LogP contribution in [0, 0.1) is 29.6 Å². The second-order valence-electron chi connectivity index (χ2n) is 12.3. The predicted octanol–water partition coefficient (Wildman–Crippen LogP) is 5.50. The van der Waals surface area contributed by atoms with Crippen LogP contribution in [0.25, 0.3) is 0 Å². The number of ether oxygens (including phenoxy) is 2. The average Bonchev–Trinajstić information content (AvgIpc) is 3.08. The molecular formula is C27H40O4. The van der Waals surface area contributed by atoms with Crippen molar-refractivity contribution in [1.82, 2.24) is 0 Å². The second kappa shape index (κ2) is 6.20. The Bertz CT molecular complexity index is 915. The topological polar surface area (TPSA) is 58.9 Å². The molecule has 0 amide bonds. The second-order valence-corrected chi connectivity index (χ2v) is 12.3. The SMILES string of the molecule is CO[C@]12CC[C@@]3(C[C@@H]1C(C)(O)C(C)(C)C)[C@@H](C)CCC[C@@]31c3c(C)ccc(O)c3O[C@@H]21. The fourth-order valence-electron chi connectivity index (χ4n) is 8.58. The molecule has 7 atom stereocenters. The summed E-state index contributed by atoms with van der Waals surface area (Å²) in [5.41, 5.74) is 0.534. The Morgan fingerprint density at radius 1 is 1.13 bits per heavy atom. The van der Waals surface area contributed by atoms with Gasteiger partial charge in [-0.15, -0.1) is 0 Å². The lowest BCUT2D eigenvalue weighted by Crippen LogP contribution is -2.79. The number of phenols is 1. The Morgan fingerprint density at radius 3 is 2.48 bits per heavy atom. The summed E-state index contributed by atoms with van der Waals surface area (Å²) in [5, 5.41) is 22.9. The average molecular weight is 429 g/mol. The molecule has 4 heteroatoms. The third kappa shape index (κ3) is 2.24. The molecule has 2 N–H and O–H groups in total. The monoisotopic (exact) mass is 428 g/mol. The van der Waals surface area contributed by atoms with Gasteiger partial charge >= 0.3 is 0 Å². The van der Waals surface area contributed by atoms with E-state index in [9.17, 15) is 10.2 Å². The molecule has 2 bridgehead atoms. The normalized spacial score (nSPS) is 42.9. The molecule has 0 saturated heterocycles. The van der Waals surface area contributed by atoms with E-state index in [4.69, 9.17) is 9.47 Å². The summed E-state index contributed by atoms with van der Waals surface area (Å²) in [7, 11) is 1.81. The van der Waals surface area contributed by atoms with Crippen molar-refractivity contribution in [2.24, 2.45) is 22.7 Å². The van der Waals surface area contributed by atoms with Crippen molar-refractivity contribution in [3.05, 3.63) is 23.3 Å². The molecule has 31 heavy (non-hydrogen) atoms. The van der Waals surface area contributed by atoms with E-state index < -0.39 is 11.2 Å². The van der Waals surface area contributed by atoms with E-state index in [-0.39, 0.29) is 34.0 Å². The fraction of sp³-hybridized carbons (Fsp3) is 0.778. The Morgan fingerprint density at radius 2 is 1.84 bits per heavy atom. The van der Waals surface area contributed by atoms with Crippen molar-refractivity contribution >= 4 is 0 Å². The zero-order chi connectivity index (χ0) is 22.6. The van der Waals surface area contributed by atoms with E-state index >= 15 is 0 Å². The summed E-state index contributed by atoms with van der Waals surface area (Å²) in [6, 6.07) is 3.82. The first-order chi connectivity index (χ1) is 14.4. The van der Waals surface area contributed by atoms with Gasteiger partial charge in [0.15, 0.2) is 11.5 Å². The van der Waals surface area contributed by atoms with Crippen LogP contribution in [0.1, 0.15) is 84.3 Å². The minimum Gasteiger partial charge on any atom is -0.504 e. The molecule has 4 saturated carbocycles. The summed E-state index contributed by atoms with van der Waals surface area (Å²) in [6.07, 6.45) is 6.19. The highest BCUT2D eigenvalue weighted by molar-refractivity contribution is 5.60. The highest BCUT2D eigenvalue weighted by atomic mass is 16.6. The van der Waals surface area contributed by atoms with Gasteiger partial charge < -0.3 is 19.7 Å². The molecule has 1 aliphatic heterocycles. The van der Waals surface area contributed by atoms with Gasteiger partial charge in [0.2, 0.25) is 0 Å². The molecule has 4 aliphatic carbocycles. The van der Waals surface area contributed by atoms with Crippen LogP contribution >= 0.6 is 0 Å². The van der Waals surface area contributed by atoms with Crippen LogP contribution in [0.4, 0.5) is 0 Å². The van der Waals surface area contributed by atoms with Crippen LogP contribution in [0.2, 0.25) is 0 Å². The molecule has 1 aromatic rings. The number of aryl methyl sites for hydroxylation is 1. The van der Waals surface area contributed by atoms with Crippen molar-refractivity contribution < 1.29 is 19.7 Å². The largest absolute Gasteiger partial charge is 0.504 e. The van der Waals surface area contributed by atoms with Crippen molar-refractivity contribution in [1.29, 1.82) is 0 Å². The first kappa shape index (κ1) is 21.6. The highest BCUT2D eigenvalue weighted by Crippen LogP contribution is 2.77. The van der Waals surface area contributed by atoms with Crippen LogP contribution < -0.4 is 4.74 Å².